The van der Waals surface area contributed by atoms with E-state index < -0.39 is 0 Å². The Morgan fingerprint density at radius 2 is 1.93 bits per heavy atom. The summed E-state index contributed by atoms with van der Waals surface area (Å²) in [7, 11) is 0. The van der Waals surface area contributed by atoms with Crippen molar-refractivity contribution < 1.29 is 9.63 Å². The molecule has 2 aliphatic rings. The molecule has 0 radical (unpaired) electrons. The van der Waals surface area contributed by atoms with Crippen LogP contribution in [0.3, 0.4) is 0 Å². The second kappa shape index (κ2) is 9.41. The van der Waals surface area contributed by atoms with Crippen LogP contribution in [0, 0.1) is 22.7 Å². The highest BCUT2D eigenvalue weighted by Crippen LogP contribution is 2.60. The predicted molar refractivity (Wildman–Crippen MR) is 118 cm³/mol. The first-order valence-electron chi connectivity index (χ1n) is 11.1. The average molecular weight is 388 g/mol. The predicted octanol–water partition coefficient (Wildman–Crippen LogP) is 7.23. The fraction of sp³-hybridized carbons (Fsp3) is 0.760. The van der Waals surface area contributed by atoms with Crippen LogP contribution in [0.4, 0.5) is 0 Å². The molecule has 0 saturated heterocycles. The van der Waals surface area contributed by atoms with Gasteiger partial charge in [-0.2, -0.15) is 0 Å². The second-order valence-corrected chi connectivity index (χ2v) is 10.2. The number of rotatable bonds is 7. The van der Waals surface area contributed by atoms with Crippen molar-refractivity contribution in [3.05, 3.63) is 23.3 Å². The molecule has 0 N–H and O–H groups in total. The van der Waals surface area contributed by atoms with Crippen LogP contribution in [-0.4, -0.2) is 11.7 Å². The van der Waals surface area contributed by atoms with Gasteiger partial charge in [0.05, 0.1) is 5.71 Å². The molecule has 0 aromatic heterocycles. The number of hydrogen-bond acceptors (Lipinski definition) is 3. The van der Waals surface area contributed by atoms with Gasteiger partial charge in [0.2, 0.25) is 0 Å². The Hall–Kier alpha value is -1.38. The Morgan fingerprint density at radius 1 is 1.21 bits per heavy atom. The van der Waals surface area contributed by atoms with Gasteiger partial charge in [0.1, 0.15) is 0 Å². The van der Waals surface area contributed by atoms with E-state index in [-0.39, 0.29) is 5.97 Å². The summed E-state index contributed by atoms with van der Waals surface area (Å²) in [4.78, 5) is 15.5. The highest BCUT2D eigenvalue weighted by molar-refractivity contribution is 5.82. The molecule has 1 saturated carbocycles. The molecule has 3 heteroatoms. The summed E-state index contributed by atoms with van der Waals surface area (Å²) in [5, 5.41) is 3.85. The summed E-state index contributed by atoms with van der Waals surface area (Å²) >= 11 is 0. The fourth-order valence-electron chi connectivity index (χ4n) is 5.88. The lowest BCUT2D eigenvalue weighted by molar-refractivity contribution is -0.140. The van der Waals surface area contributed by atoms with Crippen molar-refractivity contribution in [3.8, 4) is 0 Å². The molecule has 3 nitrogen and oxygen atoms in total. The topological polar surface area (TPSA) is 38.7 Å². The van der Waals surface area contributed by atoms with Crippen molar-refractivity contribution in [2.24, 2.45) is 27.8 Å². The van der Waals surface area contributed by atoms with Gasteiger partial charge in [-0.25, -0.2) is 4.79 Å². The number of fused-ring (bicyclic) bond motifs is 1. The van der Waals surface area contributed by atoms with Gasteiger partial charge in [-0.05, 0) is 88.4 Å². The number of oxime groups is 1. The van der Waals surface area contributed by atoms with Crippen LogP contribution in [0.25, 0.3) is 0 Å². The van der Waals surface area contributed by atoms with Crippen molar-refractivity contribution in [3.63, 3.8) is 0 Å². The quantitative estimate of drug-likeness (QED) is 0.200. The molecule has 2 rings (SSSR count). The second-order valence-electron chi connectivity index (χ2n) is 10.2. The molecule has 2 aliphatic carbocycles. The SMILES string of the molecule is CC(=O)O/N=C(\C)CC/C=C(\C)CC[C@H]1C(C)=CC[C@@H]2C(C)(C)CCC[C@]21C. The number of allylic oxidation sites excluding steroid dienone is 4. The molecule has 0 heterocycles. The lowest BCUT2D eigenvalue weighted by atomic mass is 9.48. The summed E-state index contributed by atoms with van der Waals surface area (Å²) in [5.41, 5.74) is 4.87. The first kappa shape index (κ1) is 22.9. The van der Waals surface area contributed by atoms with E-state index in [0.717, 1.165) is 24.5 Å². The minimum Gasteiger partial charge on any atom is -0.319 e. The van der Waals surface area contributed by atoms with Crippen LogP contribution in [0.1, 0.15) is 99.8 Å². The van der Waals surface area contributed by atoms with E-state index in [4.69, 9.17) is 4.84 Å². The summed E-state index contributed by atoms with van der Waals surface area (Å²) < 4.78 is 0. The minimum absolute atomic E-state index is 0.361. The Bertz CT molecular complexity index is 655. The third kappa shape index (κ3) is 5.58. The molecule has 0 aromatic rings. The van der Waals surface area contributed by atoms with Gasteiger partial charge in [-0.1, -0.05) is 55.6 Å². The Kier molecular flexibility index (Phi) is 7.70. The molecule has 0 bridgehead atoms. The molecule has 158 valence electrons. The van der Waals surface area contributed by atoms with Crippen LogP contribution >= 0.6 is 0 Å². The van der Waals surface area contributed by atoms with Gasteiger partial charge in [-0.15, -0.1) is 0 Å². The van der Waals surface area contributed by atoms with Gasteiger partial charge in [0.25, 0.3) is 0 Å². The fourth-order valence-corrected chi connectivity index (χ4v) is 5.88. The summed E-state index contributed by atoms with van der Waals surface area (Å²) in [6, 6.07) is 0. The van der Waals surface area contributed by atoms with E-state index in [2.05, 4.69) is 51.9 Å². The molecule has 3 atom stereocenters. The number of nitrogens with zero attached hydrogens (tertiary/aromatic N) is 1. The monoisotopic (exact) mass is 387 g/mol. The first-order chi connectivity index (χ1) is 13.1. The van der Waals surface area contributed by atoms with Gasteiger partial charge >= 0.3 is 5.97 Å². The van der Waals surface area contributed by atoms with Gasteiger partial charge in [0, 0.05) is 6.92 Å². The molecule has 0 unspecified atom stereocenters. The Balaban J connectivity index is 1.95. The molecule has 0 amide bonds. The Morgan fingerprint density at radius 3 is 2.61 bits per heavy atom. The highest BCUT2D eigenvalue weighted by Gasteiger charge is 2.51. The van der Waals surface area contributed by atoms with Crippen LogP contribution in [0.15, 0.2) is 28.5 Å². The molecule has 0 aromatic carbocycles. The zero-order valence-electron chi connectivity index (χ0n) is 19.2. The van der Waals surface area contributed by atoms with Crippen LogP contribution in [-0.2, 0) is 9.63 Å². The van der Waals surface area contributed by atoms with Crippen LogP contribution in [0.5, 0.6) is 0 Å². The zero-order chi connectivity index (χ0) is 20.9. The lowest BCUT2D eigenvalue weighted by Gasteiger charge is -2.57. The van der Waals surface area contributed by atoms with Crippen molar-refractivity contribution in [2.75, 3.05) is 0 Å². The van der Waals surface area contributed by atoms with E-state index in [9.17, 15) is 4.79 Å². The van der Waals surface area contributed by atoms with Crippen molar-refractivity contribution in [1.29, 1.82) is 0 Å². The lowest BCUT2D eigenvalue weighted by Crippen LogP contribution is -2.48. The minimum atomic E-state index is -0.361. The molecule has 0 spiro atoms. The third-order valence-electron chi connectivity index (χ3n) is 7.45. The molecule has 1 fully saturated rings. The molecular formula is C25H41NO2. The number of hydrogen-bond donors (Lipinski definition) is 0. The largest absolute Gasteiger partial charge is 0.331 e. The van der Waals surface area contributed by atoms with Crippen LogP contribution < -0.4 is 0 Å². The van der Waals surface area contributed by atoms with E-state index in [1.54, 1.807) is 5.57 Å². The molecule has 0 aliphatic heterocycles. The maximum atomic E-state index is 10.8. The number of carbonyl (C=O) groups is 1. The van der Waals surface area contributed by atoms with Gasteiger partial charge in [0.15, 0.2) is 0 Å². The van der Waals surface area contributed by atoms with Crippen molar-refractivity contribution >= 4 is 11.7 Å². The standard InChI is InChI=1S/C25H41NO2/c1-18(10-8-11-20(3)26-28-21(4)27)12-14-22-19(2)13-15-23-24(5,6)16-9-17-25(22,23)7/h10,13,22-23H,8-9,11-12,14-17H2,1-7H3/b18-10+,26-20+/t22-,23+,25-/m0/s1. The van der Waals surface area contributed by atoms with Crippen molar-refractivity contribution in [2.45, 2.75) is 99.8 Å². The maximum absolute atomic E-state index is 10.8. The maximum Gasteiger partial charge on any atom is 0.331 e. The summed E-state index contributed by atoms with van der Waals surface area (Å²) in [6.07, 6.45) is 14.5. The van der Waals surface area contributed by atoms with E-state index in [1.165, 1.54) is 51.0 Å². The molecule has 28 heavy (non-hydrogen) atoms. The zero-order valence-corrected chi connectivity index (χ0v) is 19.2. The van der Waals surface area contributed by atoms with Crippen molar-refractivity contribution in [1.82, 2.24) is 0 Å². The normalized spacial score (nSPS) is 30.5. The number of carbonyl (C=O) groups excluding carboxylic acids is 1. The van der Waals surface area contributed by atoms with Crippen LogP contribution in [0.2, 0.25) is 0 Å². The van der Waals surface area contributed by atoms with E-state index in [0.29, 0.717) is 16.7 Å². The third-order valence-corrected chi connectivity index (χ3v) is 7.45. The molecular weight excluding hydrogens is 346 g/mol. The summed E-state index contributed by atoms with van der Waals surface area (Å²) in [5.74, 6) is 1.16. The average Bonchev–Trinajstić information content (AvgIpc) is 2.58. The summed E-state index contributed by atoms with van der Waals surface area (Å²) in [6.45, 7) is 15.5. The highest BCUT2D eigenvalue weighted by atomic mass is 16.7. The van der Waals surface area contributed by atoms with Gasteiger partial charge < -0.3 is 4.84 Å². The first-order valence-corrected chi connectivity index (χ1v) is 11.1. The smallest absolute Gasteiger partial charge is 0.319 e. The Labute approximate surface area is 172 Å². The van der Waals surface area contributed by atoms with E-state index >= 15 is 0 Å². The van der Waals surface area contributed by atoms with Gasteiger partial charge in [-0.3, -0.25) is 0 Å². The van der Waals surface area contributed by atoms with E-state index in [1.807, 2.05) is 6.92 Å².